The van der Waals surface area contributed by atoms with Crippen molar-refractivity contribution in [1.29, 1.82) is 0 Å². The molecule has 0 rings (SSSR count). The molecule has 1 unspecified atom stereocenters. The summed E-state index contributed by atoms with van der Waals surface area (Å²) in [5, 5.41) is 0. The van der Waals surface area contributed by atoms with Gasteiger partial charge in [-0.05, 0) is 26.2 Å². The van der Waals surface area contributed by atoms with Crippen molar-refractivity contribution in [1.82, 2.24) is 5.43 Å². The van der Waals surface area contributed by atoms with Crippen LogP contribution in [-0.4, -0.2) is 19.3 Å². The zero-order valence-electron chi connectivity index (χ0n) is 10.4. The molecule has 0 bridgehead atoms. The van der Waals surface area contributed by atoms with Crippen LogP contribution in [0.1, 0.15) is 58.8 Å². The topological polar surface area (TPSA) is 47.3 Å². The van der Waals surface area contributed by atoms with E-state index in [-0.39, 0.29) is 0 Å². The van der Waals surface area contributed by atoms with E-state index in [4.69, 9.17) is 10.6 Å². The number of unbranched alkanes of at least 4 members (excludes halogenated alkanes) is 3. The van der Waals surface area contributed by atoms with E-state index in [1.165, 1.54) is 32.1 Å². The van der Waals surface area contributed by atoms with E-state index in [0.29, 0.717) is 6.04 Å². The molecule has 0 aliphatic heterocycles. The third-order valence-electron chi connectivity index (χ3n) is 2.69. The molecule has 1 atom stereocenters. The fourth-order valence-electron chi connectivity index (χ4n) is 1.70. The van der Waals surface area contributed by atoms with Crippen molar-refractivity contribution in [3.63, 3.8) is 0 Å². The van der Waals surface area contributed by atoms with E-state index in [1.807, 2.05) is 6.92 Å². The third kappa shape index (κ3) is 10.2. The standard InChI is InChI=1S/C12H28N2O/c1-3-5-6-7-9-12(14-13)10-8-11-15-4-2/h12,14H,3-11,13H2,1-2H3. The molecule has 0 aromatic rings. The Balaban J connectivity index is 3.29. The number of nitrogens with one attached hydrogen (secondary N) is 1. The average Bonchev–Trinajstić information content (AvgIpc) is 2.27. The molecule has 0 aromatic heterocycles. The summed E-state index contributed by atoms with van der Waals surface area (Å²) in [5.74, 6) is 5.51. The fourth-order valence-corrected chi connectivity index (χ4v) is 1.70. The highest BCUT2D eigenvalue weighted by molar-refractivity contribution is 4.63. The lowest BCUT2D eigenvalue weighted by Crippen LogP contribution is -2.35. The highest BCUT2D eigenvalue weighted by Gasteiger charge is 2.05. The van der Waals surface area contributed by atoms with Gasteiger partial charge in [-0.3, -0.25) is 11.3 Å². The van der Waals surface area contributed by atoms with Crippen molar-refractivity contribution in [2.45, 2.75) is 64.8 Å². The lowest BCUT2D eigenvalue weighted by atomic mass is 10.0. The highest BCUT2D eigenvalue weighted by atomic mass is 16.5. The van der Waals surface area contributed by atoms with Crippen LogP contribution in [0.3, 0.4) is 0 Å². The first-order valence-corrected chi connectivity index (χ1v) is 6.39. The maximum Gasteiger partial charge on any atom is 0.0466 e. The second kappa shape index (κ2) is 12.0. The first-order valence-electron chi connectivity index (χ1n) is 6.39. The predicted molar refractivity (Wildman–Crippen MR) is 65.6 cm³/mol. The minimum atomic E-state index is 0.474. The number of ether oxygens (including phenoxy) is 1. The Morgan fingerprint density at radius 2 is 1.80 bits per heavy atom. The zero-order valence-corrected chi connectivity index (χ0v) is 10.4. The van der Waals surface area contributed by atoms with Crippen LogP contribution < -0.4 is 11.3 Å². The maximum absolute atomic E-state index is 5.51. The quantitative estimate of drug-likeness (QED) is 0.317. The largest absolute Gasteiger partial charge is 0.382 e. The summed E-state index contributed by atoms with van der Waals surface area (Å²) < 4.78 is 5.30. The Labute approximate surface area is 94.7 Å². The Kier molecular flexibility index (Phi) is 11.9. The molecule has 0 spiro atoms. The molecule has 0 aliphatic rings. The van der Waals surface area contributed by atoms with Gasteiger partial charge in [0.15, 0.2) is 0 Å². The van der Waals surface area contributed by atoms with E-state index < -0.39 is 0 Å². The SMILES string of the molecule is CCCCCCC(CCCOCC)NN. The summed E-state index contributed by atoms with van der Waals surface area (Å²) in [6.45, 7) is 5.95. The summed E-state index contributed by atoms with van der Waals surface area (Å²) in [7, 11) is 0. The summed E-state index contributed by atoms with van der Waals surface area (Å²) in [5.41, 5.74) is 2.90. The Morgan fingerprint density at radius 1 is 1.07 bits per heavy atom. The van der Waals surface area contributed by atoms with Crippen molar-refractivity contribution in [3.05, 3.63) is 0 Å². The van der Waals surface area contributed by atoms with Gasteiger partial charge in [-0.15, -0.1) is 0 Å². The van der Waals surface area contributed by atoms with Crippen molar-refractivity contribution in [2.24, 2.45) is 5.84 Å². The molecule has 15 heavy (non-hydrogen) atoms. The van der Waals surface area contributed by atoms with Gasteiger partial charge in [-0.25, -0.2) is 0 Å². The molecule has 3 nitrogen and oxygen atoms in total. The summed E-state index contributed by atoms with van der Waals surface area (Å²) in [4.78, 5) is 0. The third-order valence-corrected chi connectivity index (χ3v) is 2.69. The smallest absolute Gasteiger partial charge is 0.0466 e. The van der Waals surface area contributed by atoms with Gasteiger partial charge < -0.3 is 4.74 Å². The van der Waals surface area contributed by atoms with Gasteiger partial charge >= 0.3 is 0 Å². The first kappa shape index (κ1) is 14.9. The van der Waals surface area contributed by atoms with Gasteiger partial charge in [0.25, 0.3) is 0 Å². The second-order valence-electron chi connectivity index (χ2n) is 4.05. The van der Waals surface area contributed by atoms with Gasteiger partial charge in [0.05, 0.1) is 0 Å². The molecule has 3 heteroatoms. The molecule has 0 saturated heterocycles. The van der Waals surface area contributed by atoms with Gasteiger partial charge in [0, 0.05) is 19.3 Å². The van der Waals surface area contributed by atoms with Gasteiger partial charge in [-0.2, -0.15) is 0 Å². The molecule has 0 aliphatic carbocycles. The van der Waals surface area contributed by atoms with Crippen LogP contribution in [0.5, 0.6) is 0 Å². The zero-order chi connectivity index (χ0) is 11.4. The van der Waals surface area contributed by atoms with E-state index in [1.54, 1.807) is 0 Å². The van der Waals surface area contributed by atoms with Crippen molar-refractivity contribution in [2.75, 3.05) is 13.2 Å². The van der Waals surface area contributed by atoms with E-state index >= 15 is 0 Å². The van der Waals surface area contributed by atoms with Crippen molar-refractivity contribution in [3.8, 4) is 0 Å². The molecule has 0 saturated carbocycles. The van der Waals surface area contributed by atoms with Crippen LogP contribution in [-0.2, 0) is 4.74 Å². The van der Waals surface area contributed by atoms with E-state index in [2.05, 4.69) is 12.3 Å². The molecular weight excluding hydrogens is 188 g/mol. The molecule has 0 aromatic carbocycles. The minimum absolute atomic E-state index is 0.474. The summed E-state index contributed by atoms with van der Waals surface area (Å²) >= 11 is 0. The summed E-state index contributed by atoms with van der Waals surface area (Å²) in [6.07, 6.45) is 8.69. The predicted octanol–water partition coefficient (Wildman–Crippen LogP) is 2.61. The molecule has 3 N–H and O–H groups in total. The lowest BCUT2D eigenvalue weighted by molar-refractivity contribution is 0.140. The normalized spacial score (nSPS) is 13.0. The van der Waals surface area contributed by atoms with Crippen LogP contribution >= 0.6 is 0 Å². The van der Waals surface area contributed by atoms with Gasteiger partial charge in [0.1, 0.15) is 0 Å². The van der Waals surface area contributed by atoms with Crippen LogP contribution in [0.2, 0.25) is 0 Å². The van der Waals surface area contributed by atoms with Crippen LogP contribution in [0.4, 0.5) is 0 Å². The average molecular weight is 216 g/mol. The van der Waals surface area contributed by atoms with Crippen LogP contribution in [0.15, 0.2) is 0 Å². The second-order valence-corrected chi connectivity index (χ2v) is 4.05. The number of hydrogen-bond acceptors (Lipinski definition) is 3. The lowest BCUT2D eigenvalue weighted by Gasteiger charge is -2.15. The molecule has 0 amide bonds. The van der Waals surface area contributed by atoms with E-state index in [0.717, 1.165) is 26.1 Å². The molecule has 92 valence electrons. The molecule has 0 radical (unpaired) electrons. The summed E-state index contributed by atoms with van der Waals surface area (Å²) in [6, 6.07) is 0.474. The number of hydrogen-bond donors (Lipinski definition) is 2. The van der Waals surface area contributed by atoms with Crippen molar-refractivity contribution < 1.29 is 4.74 Å². The Hall–Kier alpha value is -0.120. The van der Waals surface area contributed by atoms with Crippen LogP contribution in [0, 0.1) is 0 Å². The minimum Gasteiger partial charge on any atom is -0.382 e. The first-order chi connectivity index (χ1) is 7.35. The molecular formula is C12H28N2O. The Bertz CT molecular complexity index is 108. The maximum atomic E-state index is 5.51. The van der Waals surface area contributed by atoms with Crippen molar-refractivity contribution >= 4 is 0 Å². The van der Waals surface area contributed by atoms with Crippen LogP contribution in [0.25, 0.3) is 0 Å². The molecule has 0 heterocycles. The van der Waals surface area contributed by atoms with Gasteiger partial charge in [-0.1, -0.05) is 32.6 Å². The Morgan fingerprint density at radius 3 is 2.40 bits per heavy atom. The highest BCUT2D eigenvalue weighted by Crippen LogP contribution is 2.09. The monoisotopic (exact) mass is 216 g/mol. The molecule has 0 fully saturated rings. The van der Waals surface area contributed by atoms with E-state index in [9.17, 15) is 0 Å². The van der Waals surface area contributed by atoms with Gasteiger partial charge in [0.2, 0.25) is 0 Å². The number of rotatable bonds is 11. The number of nitrogens with two attached hydrogens (primary N) is 1. The fraction of sp³-hybridized carbons (Fsp3) is 1.00. The number of hydrazine groups is 1.